The van der Waals surface area contributed by atoms with Gasteiger partial charge in [0.1, 0.15) is 0 Å². The summed E-state index contributed by atoms with van der Waals surface area (Å²) in [7, 11) is -0.234. The maximum atomic E-state index is 12.2. The Morgan fingerprint density at radius 1 is 0.800 bits per heavy atom. The summed E-state index contributed by atoms with van der Waals surface area (Å²) in [5, 5.41) is 13.2. The Morgan fingerprint density at radius 3 is 1.60 bits per heavy atom. The second kappa shape index (κ2) is 14.7. The van der Waals surface area contributed by atoms with E-state index in [1.54, 1.807) is 13.2 Å². The molecule has 0 rings (SSSR count). The second-order valence-corrected chi connectivity index (χ2v) is 12.7. The molecular weight excluding hydrogens is 422 g/mol. The van der Waals surface area contributed by atoms with Crippen LogP contribution in [-0.2, 0) is 31.2 Å². The molecule has 2 atom stereocenters. The zero-order chi connectivity index (χ0) is 23.2. The average Bonchev–Trinajstić information content (AvgIpc) is 2.60. The molecule has 0 bridgehead atoms. The van der Waals surface area contributed by atoms with E-state index < -0.39 is 21.6 Å². The first-order valence-corrected chi connectivity index (χ1v) is 13.5. The van der Waals surface area contributed by atoms with Crippen molar-refractivity contribution in [3.05, 3.63) is 0 Å². The molecule has 2 N–H and O–H groups in total. The predicted molar refractivity (Wildman–Crippen MR) is 123 cm³/mol. The maximum Gasteiger partial charge on any atom is 0.233 e. The number of nitrogens with one attached hydrogen (secondary N) is 2. The minimum atomic E-state index is -0.947. The molecule has 174 valence electrons. The van der Waals surface area contributed by atoms with Crippen molar-refractivity contribution in [2.24, 2.45) is 10.8 Å². The van der Waals surface area contributed by atoms with Crippen molar-refractivity contribution < 1.29 is 18.0 Å². The molecule has 0 heterocycles. The molecule has 2 amide bonds. The first-order chi connectivity index (χ1) is 13.9. The van der Waals surface area contributed by atoms with Crippen LogP contribution in [0.1, 0.15) is 72.6 Å². The molecule has 9 heteroatoms. The molecule has 0 aromatic heterocycles. The van der Waals surface area contributed by atoms with Crippen molar-refractivity contribution >= 4 is 33.4 Å². The Bertz CT molecular complexity index is 643. The van der Waals surface area contributed by atoms with E-state index in [4.69, 9.17) is 5.26 Å². The summed E-state index contributed by atoms with van der Waals surface area (Å²) in [6, 6.07) is 0. The quantitative estimate of drug-likeness (QED) is 0.271. The van der Waals surface area contributed by atoms with Gasteiger partial charge in [-0.25, -0.2) is 0 Å². The molecule has 0 saturated carbocycles. The number of amides is 2. The standard InChI is InChI=1S/C21H39N3O4S2/c1-20(2,15-18(25)23-5)9-6-11-29(27)13-8-14-30(28)12-7-10-21(3,4)16-19(26)24-17-22/h6-16H2,1-5H3,(H,23,25)(H,24,26). The Balaban J connectivity index is 3.95. The van der Waals surface area contributed by atoms with Gasteiger partial charge in [-0.2, -0.15) is 5.26 Å². The van der Waals surface area contributed by atoms with E-state index in [0.717, 1.165) is 25.7 Å². The largest absolute Gasteiger partial charge is 0.359 e. The number of nitrogens with zero attached hydrogens (tertiary/aromatic N) is 1. The minimum Gasteiger partial charge on any atom is -0.359 e. The molecule has 0 aliphatic carbocycles. The molecule has 30 heavy (non-hydrogen) atoms. The van der Waals surface area contributed by atoms with Gasteiger partial charge in [0.05, 0.1) is 0 Å². The topological polar surface area (TPSA) is 116 Å². The third-order valence-corrected chi connectivity index (χ3v) is 7.92. The minimum absolute atomic E-state index is 0.0254. The molecular formula is C21H39N3O4S2. The van der Waals surface area contributed by atoms with Crippen LogP contribution in [0.2, 0.25) is 0 Å². The van der Waals surface area contributed by atoms with Crippen LogP contribution in [-0.4, -0.2) is 50.3 Å². The Labute approximate surface area is 187 Å². The Hall–Kier alpha value is -1.27. The van der Waals surface area contributed by atoms with Crippen molar-refractivity contribution in [2.75, 3.05) is 30.1 Å². The summed E-state index contributed by atoms with van der Waals surface area (Å²) in [6.45, 7) is 8.02. The van der Waals surface area contributed by atoms with E-state index in [2.05, 4.69) is 10.6 Å². The average molecular weight is 462 g/mol. The predicted octanol–water partition coefficient (Wildman–Crippen LogP) is 2.61. The summed E-state index contributed by atoms with van der Waals surface area (Å²) in [5.74, 6) is 2.03. The van der Waals surface area contributed by atoms with Crippen LogP contribution < -0.4 is 10.6 Å². The van der Waals surface area contributed by atoms with Gasteiger partial charge in [-0.05, 0) is 42.9 Å². The van der Waals surface area contributed by atoms with Crippen LogP contribution in [0.3, 0.4) is 0 Å². The van der Waals surface area contributed by atoms with Gasteiger partial charge in [-0.1, -0.05) is 27.7 Å². The molecule has 0 spiro atoms. The molecule has 0 fully saturated rings. The van der Waals surface area contributed by atoms with Crippen LogP contribution >= 0.6 is 0 Å². The third-order valence-electron chi connectivity index (χ3n) is 4.95. The summed E-state index contributed by atoms with van der Waals surface area (Å²) in [6.07, 6.45) is 6.22. The normalized spacial score (nSPS) is 13.9. The Morgan fingerprint density at radius 2 is 1.20 bits per heavy atom. The zero-order valence-electron chi connectivity index (χ0n) is 19.2. The van der Waals surface area contributed by atoms with Crippen LogP contribution in [0.25, 0.3) is 0 Å². The van der Waals surface area contributed by atoms with Crippen molar-refractivity contribution in [2.45, 2.75) is 72.6 Å². The zero-order valence-corrected chi connectivity index (χ0v) is 20.8. The number of hydrogen-bond acceptors (Lipinski definition) is 5. The van der Waals surface area contributed by atoms with Crippen molar-refractivity contribution in [3.8, 4) is 6.19 Å². The number of hydrogen-bond donors (Lipinski definition) is 2. The van der Waals surface area contributed by atoms with E-state index in [0.29, 0.717) is 35.9 Å². The molecule has 7 nitrogen and oxygen atoms in total. The molecule has 0 aliphatic heterocycles. The SMILES string of the molecule is CNC(=O)CC(C)(C)CCCS(=O)CCCS(=O)CCCC(C)(C)CC(=O)NC#N. The van der Waals surface area contributed by atoms with Gasteiger partial charge in [0.25, 0.3) is 0 Å². The maximum absolute atomic E-state index is 12.2. The molecule has 0 aliphatic rings. The number of carbonyl (C=O) groups is 2. The molecule has 2 unspecified atom stereocenters. The van der Waals surface area contributed by atoms with Crippen LogP contribution in [0.4, 0.5) is 0 Å². The summed E-state index contributed by atoms with van der Waals surface area (Å²) in [4.78, 5) is 23.0. The van der Waals surface area contributed by atoms with Crippen LogP contribution in [0.15, 0.2) is 0 Å². The highest BCUT2D eigenvalue weighted by molar-refractivity contribution is 7.85. The first-order valence-electron chi connectivity index (χ1n) is 10.5. The molecule has 0 saturated heterocycles. The lowest BCUT2D eigenvalue weighted by Crippen LogP contribution is -2.26. The fourth-order valence-electron chi connectivity index (χ4n) is 3.25. The van der Waals surface area contributed by atoms with E-state index >= 15 is 0 Å². The van der Waals surface area contributed by atoms with Crippen molar-refractivity contribution in [1.82, 2.24) is 10.6 Å². The van der Waals surface area contributed by atoms with Crippen molar-refractivity contribution in [3.63, 3.8) is 0 Å². The monoisotopic (exact) mass is 461 g/mol. The fraction of sp³-hybridized carbons (Fsp3) is 0.857. The molecule has 0 radical (unpaired) electrons. The van der Waals surface area contributed by atoms with Crippen LogP contribution in [0.5, 0.6) is 0 Å². The lowest BCUT2D eigenvalue weighted by Gasteiger charge is -2.23. The second-order valence-electron chi connectivity index (χ2n) is 9.27. The fourth-order valence-corrected chi connectivity index (χ4v) is 5.71. The van der Waals surface area contributed by atoms with Gasteiger partial charge in [-0.3, -0.25) is 23.3 Å². The smallest absolute Gasteiger partial charge is 0.233 e. The van der Waals surface area contributed by atoms with Gasteiger partial charge in [-0.15, -0.1) is 0 Å². The highest BCUT2D eigenvalue weighted by Crippen LogP contribution is 2.27. The van der Waals surface area contributed by atoms with E-state index in [9.17, 15) is 18.0 Å². The highest BCUT2D eigenvalue weighted by Gasteiger charge is 2.22. The van der Waals surface area contributed by atoms with Crippen LogP contribution in [0, 0.1) is 22.3 Å². The molecule has 0 aromatic rings. The third kappa shape index (κ3) is 15.6. The van der Waals surface area contributed by atoms with Crippen molar-refractivity contribution in [1.29, 1.82) is 5.26 Å². The lowest BCUT2D eigenvalue weighted by atomic mass is 9.84. The van der Waals surface area contributed by atoms with Gasteiger partial charge >= 0.3 is 0 Å². The summed E-state index contributed by atoms with van der Waals surface area (Å²) >= 11 is 0. The highest BCUT2D eigenvalue weighted by atomic mass is 32.2. The summed E-state index contributed by atoms with van der Waals surface area (Å²) < 4.78 is 24.3. The van der Waals surface area contributed by atoms with E-state index in [1.807, 2.05) is 27.7 Å². The summed E-state index contributed by atoms with van der Waals surface area (Å²) in [5.41, 5.74) is -0.340. The van der Waals surface area contributed by atoms with E-state index in [-0.39, 0.29) is 29.1 Å². The first kappa shape index (κ1) is 28.7. The molecule has 0 aromatic carbocycles. The number of rotatable bonds is 16. The Kier molecular flexibility index (Phi) is 14.1. The van der Waals surface area contributed by atoms with Gasteiger partial charge in [0.2, 0.25) is 11.8 Å². The number of carbonyl (C=O) groups excluding carboxylic acids is 2. The van der Waals surface area contributed by atoms with Gasteiger partial charge in [0.15, 0.2) is 6.19 Å². The number of nitriles is 1. The van der Waals surface area contributed by atoms with Gasteiger partial charge < -0.3 is 5.32 Å². The van der Waals surface area contributed by atoms with E-state index in [1.165, 1.54) is 0 Å². The van der Waals surface area contributed by atoms with Gasteiger partial charge in [0, 0.05) is 64.5 Å². The lowest BCUT2D eigenvalue weighted by molar-refractivity contribution is -0.123.